The maximum atomic E-state index is 10.8. The van der Waals surface area contributed by atoms with Gasteiger partial charge in [-0.3, -0.25) is 15.5 Å². The zero-order chi connectivity index (χ0) is 21.8. The average Bonchev–Trinajstić information content (AvgIpc) is 3.07. The van der Waals surface area contributed by atoms with Crippen molar-refractivity contribution in [1.82, 2.24) is 0 Å². The number of aliphatic hydroxyl groups excluding tert-OH is 1. The maximum absolute atomic E-state index is 10.8. The third kappa shape index (κ3) is 3.30. The zero-order valence-electron chi connectivity index (χ0n) is 18.5. The number of nitro benzene ring substituents is 1. The SMILES string of the molecule is CC12CC/C(=N/Nc3ccc([N+](=O)[O-])cc3)C=C1CCC1C2CCC2(C)C(O)CCC12. The van der Waals surface area contributed by atoms with Crippen LogP contribution in [0.2, 0.25) is 0 Å². The minimum absolute atomic E-state index is 0.0869. The van der Waals surface area contributed by atoms with Crippen molar-refractivity contribution in [2.75, 3.05) is 5.43 Å². The van der Waals surface area contributed by atoms with E-state index in [-0.39, 0.29) is 22.6 Å². The van der Waals surface area contributed by atoms with Crippen LogP contribution in [0.15, 0.2) is 41.0 Å². The molecule has 0 heterocycles. The fourth-order valence-corrected chi connectivity index (χ4v) is 7.43. The number of hydrazone groups is 1. The Morgan fingerprint density at radius 2 is 1.84 bits per heavy atom. The first kappa shape index (κ1) is 20.7. The molecule has 4 aliphatic carbocycles. The van der Waals surface area contributed by atoms with Gasteiger partial charge in [-0.05, 0) is 98.2 Å². The number of nitrogens with one attached hydrogen (secondary N) is 1. The highest BCUT2D eigenvalue weighted by Gasteiger charge is 2.58. The van der Waals surface area contributed by atoms with E-state index in [2.05, 4.69) is 30.5 Å². The standard InChI is InChI=1S/C25H33N3O3/c1-24-13-11-18(27-26-17-4-6-19(7-5-17)28(30)31)15-16(24)3-8-20-21-9-10-23(29)25(21,2)14-12-22(20)24/h4-7,15,20-23,26,29H,3,8-14H2,1-2H3/b27-18-. The van der Waals surface area contributed by atoms with Crippen LogP contribution in [0.25, 0.3) is 0 Å². The number of benzene rings is 1. The lowest BCUT2D eigenvalue weighted by atomic mass is 9.47. The van der Waals surface area contributed by atoms with E-state index in [9.17, 15) is 15.2 Å². The van der Waals surface area contributed by atoms with Gasteiger partial charge in [0.2, 0.25) is 0 Å². The van der Waals surface area contributed by atoms with Crippen LogP contribution in [0.3, 0.4) is 0 Å². The largest absolute Gasteiger partial charge is 0.393 e. The highest BCUT2D eigenvalue weighted by atomic mass is 16.6. The van der Waals surface area contributed by atoms with Gasteiger partial charge in [0, 0.05) is 12.1 Å². The van der Waals surface area contributed by atoms with Gasteiger partial charge in [0.1, 0.15) is 0 Å². The summed E-state index contributed by atoms with van der Waals surface area (Å²) >= 11 is 0. The number of rotatable bonds is 3. The summed E-state index contributed by atoms with van der Waals surface area (Å²) in [6.45, 7) is 4.82. The number of allylic oxidation sites excluding steroid dienone is 2. The Bertz CT molecular complexity index is 940. The van der Waals surface area contributed by atoms with E-state index in [0.717, 1.165) is 55.3 Å². The van der Waals surface area contributed by atoms with Crippen molar-refractivity contribution < 1.29 is 10.0 Å². The number of nitro groups is 1. The van der Waals surface area contributed by atoms with Crippen LogP contribution >= 0.6 is 0 Å². The number of nitrogens with zero attached hydrogens (tertiary/aromatic N) is 2. The molecule has 2 N–H and O–H groups in total. The normalized spacial score (nSPS) is 40.5. The summed E-state index contributed by atoms with van der Waals surface area (Å²) in [6.07, 6.45) is 11.2. The van der Waals surface area contributed by atoms with E-state index in [4.69, 9.17) is 0 Å². The average molecular weight is 424 g/mol. The predicted molar refractivity (Wildman–Crippen MR) is 122 cm³/mol. The first-order chi connectivity index (χ1) is 14.8. The van der Waals surface area contributed by atoms with Gasteiger partial charge in [0.25, 0.3) is 5.69 Å². The molecule has 6 unspecified atom stereocenters. The van der Waals surface area contributed by atoms with Crippen LogP contribution in [0.4, 0.5) is 11.4 Å². The Morgan fingerprint density at radius 3 is 2.58 bits per heavy atom. The zero-order valence-corrected chi connectivity index (χ0v) is 18.5. The smallest absolute Gasteiger partial charge is 0.269 e. The number of aliphatic hydroxyl groups is 1. The second-order valence-corrected chi connectivity index (χ2v) is 10.7. The Labute approximate surface area is 184 Å². The first-order valence-corrected chi connectivity index (χ1v) is 11.8. The van der Waals surface area contributed by atoms with Gasteiger partial charge < -0.3 is 5.11 Å². The summed E-state index contributed by atoms with van der Waals surface area (Å²) in [5.41, 5.74) is 6.93. The van der Waals surface area contributed by atoms with Crippen molar-refractivity contribution in [3.63, 3.8) is 0 Å². The molecule has 166 valence electrons. The lowest BCUT2D eigenvalue weighted by molar-refractivity contribution is -0.384. The molecule has 0 amide bonds. The van der Waals surface area contributed by atoms with Gasteiger partial charge >= 0.3 is 0 Å². The molecule has 6 heteroatoms. The molecule has 1 aromatic rings. The second-order valence-electron chi connectivity index (χ2n) is 10.7. The van der Waals surface area contributed by atoms with Gasteiger partial charge in [-0.1, -0.05) is 19.4 Å². The van der Waals surface area contributed by atoms with Crippen LogP contribution in [0.1, 0.15) is 65.2 Å². The van der Waals surface area contributed by atoms with Crippen LogP contribution in [0.5, 0.6) is 0 Å². The van der Waals surface area contributed by atoms with E-state index in [0.29, 0.717) is 5.92 Å². The lowest BCUT2D eigenvalue weighted by Gasteiger charge is -2.57. The molecule has 0 radical (unpaired) electrons. The van der Waals surface area contributed by atoms with Crippen LogP contribution < -0.4 is 5.43 Å². The number of hydrogen-bond acceptors (Lipinski definition) is 5. The molecule has 4 aliphatic rings. The fraction of sp³-hybridized carbons (Fsp3) is 0.640. The molecule has 6 atom stereocenters. The van der Waals surface area contributed by atoms with E-state index in [1.807, 2.05) is 0 Å². The molecule has 0 spiro atoms. The van der Waals surface area contributed by atoms with Crippen molar-refractivity contribution in [3.05, 3.63) is 46.0 Å². The van der Waals surface area contributed by atoms with Crippen molar-refractivity contribution >= 4 is 17.1 Å². The van der Waals surface area contributed by atoms with E-state index in [1.54, 1.807) is 17.7 Å². The van der Waals surface area contributed by atoms with E-state index >= 15 is 0 Å². The number of anilines is 1. The monoisotopic (exact) mass is 423 g/mol. The third-order valence-corrected chi connectivity index (χ3v) is 9.33. The van der Waals surface area contributed by atoms with Gasteiger partial charge in [-0.25, -0.2) is 0 Å². The molecule has 0 aliphatic heterocycles. The van der Waals surface area contributed by atoms with Gasteiger partial charge in [-0.15, -0.1) is 0 Å². The predicted octanol–water partition coefficient (Wildman–Crippen LogP) is 5.69. The number of fused-ring (bicyclic) bond motifs is 5. The van der Waals surface area contributed by atoms with E-state index < -0.39 is 4.92 Å². The van der Waals surface area contributed by atoms with Crippen LogP contribution in [-0.4, -0.2) is 21.8 Å². The van der Waals surface area contributed by atoms with Crippen molar-refractivity contribution in [1.29, 1.82) is 0 Å². The summed E-state index contributed by atoms with van der Waals surface area (Å²) in [5, 5.41) is 26.1. The lowest BCUT2D eigenvalue weighted by Crippen LogP contribution is -2.51. The summed E-state index contributed by atoms with van der Waals surface area (Å²) in [4.78, 5) is 10.4. The molecule has 3 saturated carbocycles. The Kier molecular flexibility index (Phi) is 4.96. The summed E-state index contributed by atoms with van der Waals surface area (Å²) in [5.74, 6) is 2.15. The number of non-ortho nitro benzene ring substituents is 1. The highest BCUT2D eigenvalue weighted by Crippen LogP contribution is 2.65. The Morgan fingerprint density at radius 1 is 1.06 bits per heavy atom. The van der Waals surface area contributed by atoms with Gasteiger partial charge in [0.15, 0.2) is 0 Å². The Hall–Kier alpha value is -2.21. The maximum Gasteiger partial charge on any atom is 0.269 e. The summed E-state index contributed by atoms with van der Waals surface area (Å²) in [7, 11) is 0. The van der Waals surface area contributed by atoms with Crippen molar-refractivity contribution in [2.24, 2.45) is 33.7 Å². The van der Waals surface area contributed by atoms with Crippen molar-refractivity contribution in [2.45, 2.75) is 71.3 Å². The first-order valence-electron chi connectivity index (χ1n) is 11.8. The molecule has 0 aromatic heterocycles. The molecule has 6 nitrogen and oxygen atoms in total. The topological polar surface area (TPSA) is 87.8 Å². The second kappa shape index (κ2) is 7.44. The molecule has 1 aromatic carbocycles. The third-order valence-electron chi connectivity index (χ3n) is 9.33. The fourth-order valence-electron chi connectivity index (χ4n) is 7.43. The van der Waals surface area contributed by atoms with Gasteiger partial charge in [0.05, 0.1) is 22.4 Å². The molecule has 3 fully saturated rings. The minimum atomic E-state index is -0.390. The van der Waals surface area contributed by atoms with Crippen LogP contribution in [0, 0.1) is 38.7 Å². The Balaban J connectivity index is 1.33. The summed E-state index contributed by atoms with van der Waals surface area (Å²) < 4.78 is 0. The number of hydrogen-bond donors (Lipinski definition) is 2. The molecule has 31 heavy (non-hydrogen) atoms. The van der Waals surface area contributed by atoms with E-state index in [1.165, 1.54) is 31.4 Å². The van der Waals surface area contributed by atoms with Crippen LogP contribution in [-0.2, 0) is 0 Å². The molecular formula is C25H33N3O3. The quantitative estimate of drug-likeness (QED) is 0.483. The summed E-state index contributed by atoms with van der Waals surface area (Å²) in [6, 6.07) is 6.39. The highest BCUT2D eigenvalue weighted by molar-refractivity contribution is 5.97. The van der Waals surface area contributed by atoms with Gasteiger partial charge in [-0.2, -0.15) is 5.10 Å². The molecule has 5 rings (SSSR count). The van der Waals surface area contributed by atoms with Crippen molar-refractivity contribution in [3.8, 4) is 0 Å². The molecular weight excluding hydrogens is 390 g/mol. The minimum Gasteiger partial charge on any atom is -0.393 e. The molecule has 0 bridgehead atoms. The molecule has 0 saturated heterocycles.